The Kier molecular flexibility index (Phi) is 4.59. The molecule has 0 saturated heterocycles. The Morgan fingerprint density at radius 3 is 2.94 bits per heavy atom. The lowest BCUT2D eigenvalue weighted by Crippen LogP contribution is -2.18. The number of nitrogens with one attached hydrogen (secondary N) is 1. The van der Waals surface area contributed by atoms with Crippen molar-refractivity contribution in [3.05, 3.63) is 40.6 Å². The van der Waals surface area contributed by atoms with E-state index < -0.39 is 0 Å². The molecule has 0 aromatic carbocycles. The second kappa shape index (κ2) is 6.40. The quantitative estimate of drug-likeness (QED) is 0.864. The molecule has 0 bridgehead atoms. The molecule has 2 rings (SSSR count). The Balaban J connectivity index is 1.93. The molecular formula is C14H18N2OS. The van der Waals surface area contributed by atoms with Gasteiger partial charge >= 0.3 is 0 Å². The number of pyridine rings is 1. The van der Waals surface area contributed by atoms with Gasteiger partial charge in [-0.1, -0.05) is 12.1 Å². The summed E-state index contributed by atoms with van der Waals surface area (Å²) in [5.74, 6) is 1.54. The molecule has 0 amide bonds. The summed E-state index contributed by atoms with van der Waals surface area (Å²) in [6, 6.07) is 10.4. The second-order valence-electron chi connectivity index (χ2n) is 4.12. The molecule has 1 N–H and O–H groups in total. The van der Waals surface area contributed by atoms with Crippen molar-refractivity contribution < 1.29 is 4.74 Å². The summed E-state index contributed by atoms with van der Waals surface area (Å²) in [6.45, 7) is 4.76. The summed E-state index contributed by atoms with van der Waals surface area (Å²) in [7, 11) is 0. The zero-order chi connectivity index (χ0) is 12.8. The molecular weight excluding hydrogens is 244 g/mol. The normalized spacial score (nSPS) is 12.1. The standard InChI is InChI=1S/C14H18N2OS/c1-3-17-14-8-4-7-13(16-14)15-11(2)10-12-6-5-9-18-12/h4-9,11H,3,10H2,1-2H3,(H,15,16). The predicted octanol–water partition coefficient (Wildman–Crippen LogP) is 3.58. The van der Waals surface area contributed by atoms with Gasteiger partial charge < -0.3 is 10.1 Å². The SMILES string of the molecule is CCOc1cccc(NC(C)Cc2cccs2)n1. The minimum Gasteiger partial charge on any atom is -0.478 e. The van der Waals surface area contributed by atoms with Crippen LogP contribution in [0.5, 0.6) is 5.88 Å². The van der Waals surface area contributed by atoms with Gasteiger partial charge in [-0.15, -0.1) is 11.3 Å². The zero-order valence-corrected chi connectivity index (χ0v) is 11.5. The first-order chi connectivity index (χ1) is 8.78. The van der Waals surface area contributed by atoms with E-state index in [0.717, 1.165) is 12.2 Å². The Morgan fingerprint density at radius 1 is 1.33 bits per heavy atom. The van der Waals surface area contributed by atoms with Crippen molar-refractivity contribution in [2.45, 2.75) is 26.3 Å². The third-order valence-electron chi connectivity index (χ3n) is 2.50. The van der Waals surface area contributed by atoms with Crippen molar-refractivity contribution in [1.82, 2.24) is 4.98 Å². The fraction of sp³-hybridized carbons (Fsp3) is 0.357. The van der Waals surface area contributed by atoms with Gasteiger partial charge in [0.15, 0.2) is 0 Å². The highest BCUT2D eigenvalue weighted by Crippen LogP contribution is 2.15. The van der Waals surface area contributed by atoms with Crippen LogP contribution in [0.4, 0.5) is 5.82 Å². The molecule has 1 atom stereocenters. The van der Waals surface area contributed by atoms with Gasteiger partial charge in [-0.25, -0.2) is 0 Å². The molecule has 18 heavy (non-hydrogen) atoms. The van der Waals surface area contributed by atoms with E-state index in [1.54, 1.807) is 11.3 Å². The van der Waals surface area contributed by atoms with E-state index in [9.17, 15) is 0 Å². The maximum Gasteiger partial charge on any atom is 0.215 e. The summed E-state index contributed by atoms with van der Waals surface area (Å²) in [5, 5.41) is 5.50. The molecule has 3 nitrogen and oxygen atoms in total. The van der Waals surface area contributed by atoms with Crippen molar-refractivity contribution in [2.24, 2.45) is 0 Å². The van der Waals surface area contributed by atoms with Crippen LogP contribution in [0, 0.1) is 0 Å². The van der Waals surface area contributed by atoms with E-state index in [4.69, 9.17) is 4.74 Å². The van der Waals surface area contributed by atoms with Crippen LogP contribution < -0.4 is 10.1 Å². The molecule has 0 spiro atoms. The van der Waals surface area contributed by atoms with E-state index in [1.807, 2.05) is 25.1 Å². The minimum atomic E-state index is 0.355. The lowest BCUT2D eigenvalue weighted by atomic mass is 10.2. The first-order valence-electron chi connectivity index (χ1n) is 6.16. The first-order valence-corrected chi connectivity index (χ1v) is 7.04. The monoisotopic (exact) mass is 262 g/mol. The van der Waals surface area contributed by atoms with Crippen LogP contribution in [0.2, 0.25) is 0 Å². The van der Waals surface area contributed by atoms with Gasteiger partial charge in [-0.3, -0.25) is 0 Å². The molecule has 96 valence electrons. The maximum absolute atomic E-state index is 5.38. The fourth-order valence-electron chi connectivity index (χ4n) is 1.76. The Morgan fingerprint density at radius 2 is 2.22 bits per heavy atom. The Labute approximate surface area is 112 Å². The van der Waals surface area contributed by atoms with E-state index >= 15 is 0 Å². The van der Waals surface area contributed by atoms with Crippen molar-refractivity contribution in [2.75, 3.05) is 11.9 Å². The molecule has 0 saturated carbocycles. The van der Waals surface area contributed by atoms with Crippen molar-refractivity contribution in [3.8, 4) is 5.88 Å². The lowest BCUT2D eigenvalue weighted by Gasteiger charge is -2.14. The lowest BCUT2D eigenvalue weighted by molar-refractivity contribution is 0.327. The molecule has 1 unspecified atom stereocenters. The molecule has 0 aliphatic rings. The highest BCUT2D eigenvalue weighted by Gasteiger charge is 2.05. The van der Waals surface area contributed by atoms with Crippen molar-refractivity contribution in [3.63, 3.8) is 0 Å². The van der Waals surface area contributed by atoms with E-state index in [1.165, 1.54) is 4.88 Å². The number of thiophene rings is 1. The number of ether oxygens (including phenoxy) is 1. The molecule has 2 heterocycles. The summed E-state index contributed by atoms with van der Waals surface area (Å²) in [6.07, 6.45) is 1.01. The summed E-state index contributed by atoms with van der Waals surface area (Å²) >= 11 is 1.79. The number of anilines is 1. The number of aromatic nitrogens is 1. The molecule has 4 heteroatoms. The van der Waals surface area contributed by atoms with Crippen LogP contribution in [0.15, 0.2) is 35.7 Å². The van der Waals surface area contributed by atoms with E-state index in [0.29, 0.717) is 18.5 Å². The summed E-state index contributed by atoms with van der Waals surface area (Å²) in [5.41, 5.74) is 0. The van der Waals surface area contributed by atoms with Crippen LogP contribution in [0.25, 0.3) is 0 Å². The largest absolute Gasteiger partial charge is 0.478 e. The molecule has 0 radical (unpaired) electrons. The molecule has 2 aromatic rings. The fourth-order valence-corrected chi connectivity index (χ4v) is 2.59. The zero-order valence-electron chi connectivity index (χ0n) is 10.7. The Hall–Kier alpha value is -1.55. The molecule has 0 aliphatic carbocycles. The van der Waals surface area contributed by atoms with Crippen LogP contribution in [0.3, 0.4) is 0 Å². The highest BCUT2D eigenvalue weighted by atomic mass is 32.1. The molecule has 0 fully saturated rings. The molecule has 0 aliphatic heterocycles. The topological polar surface area (TPSA) is 34.1 Å². The third kappa shape index (κ3) is 3.74. The maximum atomic E-state index is 5.38. The third-order valence-corrected chi connectivity index (χ3v) is 3.40. The van der Waals surface area contributed by atoms with Crippen molar-refractivity contribution >= 4 is 17.2 Å². The van der Waals surface area contributed by atoms with Gasteiger partial charge in [-0.2, -0.15) is 4.98 Å². The average Bonchev–Trinajstić information content (AvgIpc) is 2.82. The van der Waals surface area contributed by atoms with Gasteiger partial charge in [0.05, 0.1) is 6.61 Å². The highest BCUT2D eigenvalue weighted by molar-refractivity contribution is 7.09. The molecule has 2 aromatic heterocycles. The van der Waals surface area contributed by atoms with Crippen molar-refractivity contribution in [1.29, 1.82) is 0 Å². The van der Waals surface area contributed by atoms with Crippen LogP contribution in [0.1, 0.15) is 18.7 Å². The van der Waals surface area contributed by atoms with Gasteiger partial charge in [0, 0.05) is 23.4 Å². The number of nitrogens with zero attached hydrogens (tertiary/aromatic N) is 1. The number of hydrogen-bond acceptors (Lipinski definition) is 4. The van der Waals surface area contributed by atoms with Gasteiger partial charge in [-0.05, 0) is 31.4 Å². The van der Waals surface area contributed by atoms with E-state index in [-0.39, 0.29) is 0 Å². The van der Waals surface area contributed by atoms with E-state index in [2.05, 4.69) is 34.7 Å². The summed E-state index contributed by atoms with van der Waals surface area (Å²) in [4.78, 5) is 5.79. The smallest absolute Gasteiger partial charge is 0.215 e. The van der Waals surface area contributed by atoms with Crippen LogP contribution in [-0.4, -0.2) is 17.6 Å². The van der Waals surface area contributed by atoms with Gasteiger partial charge in [0.2, 0.25) is 5.88 Å². The number of hydrogen-bond donors (Lipinski definition) is 1. The predicted molar refractivity (Wildman–Crippen MR) is 76.5 cm³/mol. The van der Waals surface area contributed by atoms with Crippen LogP contribution in [-0.2, 0) is 6.42 Å². The second-order valence-corrected chi connectivity index (χ2v) is 5.16. The van der Waals surface area contributed by atoms with Gasteiger partial charge in [0.25, 0.3) is 0 Å². The average molecular weight is 262 g/mol. The Bertz CT molecular complexity index is 470. The number of rotatable bonds is 6. The summed E-state index contributed by atoms with van der Waals surface area (Å²) < 4.78 is 5.38. The van der Waals surface area contributed by atoms with Gasteiger partial charge in [0.1, 0.15) is 5.82 Å². The van der Waals surface area contributed by atoms with Crippen LogP contribution >= 0.6 is 11.3 Å². The minimum absolute atomic E-state index is 0.355. The first kappa shape index (κ1) is 12.9.